The minimum Gasteiger partial charge on any atom is -0.383 e. The van der Waals surface area contributed by atoms with Crippen molar-refractivity contribution in [2.45, 2.75) is 27.2 Å². The normalized spacial score (nSPS) is 10.9. The predicted molar refractivity (Wildman–Crippen MR) is 73.2 cm³/mol. The van der Waals surface area contributed by atoms with Gasteiger partial charge < -0.3 is 14.6 Å². The van der Waals surface area contributed by atoms with Crippen molar-refractivity contribution in [2.75, 3.05) is 31.7 Å². The summed E-state index contributed by atoms with van der Waals surface area (Å²) in [4.78, 5) is 20.9. The molecule has 18 heavy (non-hydrogen) atoms. The minimum atomic E-state index is -0.0944. The van der Waals surface area contributed by atoms with E-state index in [9.17, 15) is 4.79 Å². The van der Waals surface area contributed by atoms with Crippen LogP contribution in [0.5, 0.6) is 0 Å². The van der Waals surface area contributed by atoms with Gasteiger partial charge in [0.2, 0.25) is 0 Å². The number of aromatic amines is 1. The van der Waals surface area contributed by atoms with Crippen molar-refractivity contribution < 1.29 is 4.74 Å². The fourth-order valence-corrected chi connectivity index (χ4v) is 1.77. The molecule has 1 N–H and O–H groups in total. The third-order valence-corrected chi connectivity index (χ3v) is 2.59. The number of anilines is 1. The zero-order valence-corrected chi connectivity index (χ0v) is 11.7. The predicted octanol–water partition coefficient (Wildman–Crippen LogP) is 1.44. The second-order valence-corrected chi connectivity index (χ2v) is 4.74. The summed E-state index contributed by atoms with van der Waals surface area (Å²) in [6, 6.07) is 1.55. The fourth-order valence-electron chi connectivity index (χ4n) is 1.77. The first-order valence-corrected chi connectivity index (χ1v) is 6.41. The number of hydrogen-bond acceptors (Lipinski definition) is 4. The molecule has 5 nitrogen and oxygen atoms in total. The van der Waals surface area contributed by atoms with Gasteiger partial charge in [-0.15, -0.1) is 0 Å². The van der Waals surface area contributed by atoms with E-state index >= 15 is 0 Å². The lowest BCUT2D eigenvalue weighted by atomic mass is 10.2. The summed E-state index contributed by atoms with van der Waals surface area (Å²) in [7, 11) is 1.68. The van der Waals surface area contributed by atoms with Crippen LogP contribution in [0.15, 0.2) is 10.9 Å². The highest BCUT2D eigenvalue weighted by molar-refractivity contribution is 5.37. The Morgan fingerprint density at radius 3 is 2.78 bits per heavy atom. The summed E-state index contributed by atoms with van der Waals surface area (Å²) in [5.74, 6) is 1.97. The van der Waals surface area contributed by atoms with E-state index in [1.165, 1.54) is 0 Å². The number of aromatic nitrogens is 2. The van der Waals surface area contributed by atoms with Gasteiger partial charge in [-0.3, -0.25) is 4.79 Å². The van der Waals surface area contributed by atoms with Gasteiger partial charge >= 0.3 is 0 Å². The highest BCUT2D eigenvalue weighted by Gasteiger charge is 2.11. The quantitative estimate of drug-likeness (QED) is 0.799. The van der Waals surface area contributed by atoms with Gasteiger partial charge in [-0.1, -0.05) is 20.8 Å². The van der Waals surface area contributed by atoms with Crippen LogP contribution in [0, 0.1) is 5.92 Å². The molecule has 0 atom stereocenters. The second kappa shape index (κ2) is 7.16. The van der Waals surface area contributed by atoms with Crippen molar-refractivity contribution in [2.24, 2.45) is 5.92 Å². The number of nitrogens with one attached hydrogen (secondary N) is 1. The zero-order valence-electron chi connectivity index (χ0n) is 11.7. The van der Waals surface area contributed by atoms with Crippen LogP contribution in [0.1, 0.15) is 26.6 Å². The molecule has 0 unspecified atom stereocenters. The Balaban J connectivity index is 2.95. The number of ether oxygens (including phenoxy) is 1. The van der Waals surface area contributed by atoms with E-state index in [-0.39, 0.29) is 5.56 Å². The Kier molecular flexibility index (Phi) is 5.85. The lowest BCUT2D eigenvalue weighted by Crippen LogP contribution is -2.33. The average Bonchev–Trinajstić information content (AvgIpc) is 2.33. The highest BCUT2D eigenvalue weighted by Crippen LogP contribution is 2.10. The van der Waals surface area contributed by atoms with E-state index in [0.717, 1.165) is 31.2 Å². The molecular weight excluding hydrogens is 230 g/mol. The molecular formula is C13H23N3O2. The molecule has 1 aromatic rings. The largest absolute Gasteiger partial charge is 0.383 e. The third-order valence-electron chi connectivity index (χ3n) is 2.59. The van der Waals surface area contributed by atoms with Gasteiger partial charge in [0.1, 0.15) is 11.6 Å². The van der Waals surface area contributed by atoms with Crippen LogP contribution in [0.25, 0.3) is 0 Å². The summed E-state index contributed by atoms with van der Waals surface area (Å²) >= 11 is 0. The molecule has 0 aliphatic heterocycles. The van der Waals surface area contributed by atoms with Crippen molar-refractivity contribution in [1.82, 2.24) is 9.97 Å². The lowest BCUT2D eigenvalue weighted by Gasteiger charge is -2.25. The van der Waals surface area contributed by atoms with Crippen LogP contribution in [-0.4, -0.2) is 36.8 Å². The Morgan fingerprint density at radius 2 is 2.22 bits per heavy atom. The van der Waals surface area contributed by atoms with Crippen LogP contribution < -0.4 is 10.5 Å². The molecule has 0 saturated carbocycles. The SMILES string of the molecule is CCc1nc(N(CCOC)CC(C)C)cc(=O)[nH]1. The van der Waals surface area contributed by atoms with E-state index in [2.05, 4.69) is 28.7 Å². The summed E-state index contributed by atoms with van der Waals surface area (Å²) < 4.78 is 5.11. The molecule has 102 valence electrons. The lowest BCUT2D eigenvalue weighted by molar-refractivity contribution is 0.204. The number of aryl methyl sites for hydroxylation is 1. The molecule has 5 heteroatoms. The number of H-pyrrole nitrogens is 1. The van der Waals surface area contributed by atoms with Gasteiger partial charge in [-0.25, -0.2) is 4.98 Å². The first kappa shape index (κ1) is 14.7. The minimum absolute atomic E-state index is 0.0944. The van der Waals surface area contributed by atoms with Gasteiger partial charge in [0.25, 0.3) is 5.56 Å². The number of hydrogen-bond donors (Lipinski definition) is 1. The summed E-state index contributed by atoms with van der Waals surface area (Å²) in [5, 5.41) is 0. The van der Waals surface area contributed by atoms with Crippen LogP contribution in [-0.2, 0) is 11.2 Å². The molecule has 0 radical (unpaired) electrons. The van der Waals surface area contributed by atoms with Crippen LogP contribution >= 0.6 is 0 Å². The smallest absolute Gasteiger partial charge is 0.252 e. The highest BCUT2D eigenvalue weighted by atomic mass is 16.5. The Labute approximate surface area is 108 Å². The van der Waals surface area contributed by atoms with Crippen molar-refractivity contribution >= 4 is 5.82 Å². The first-order chi connectivity index (χ1) is 8.56. The molecule has 0 amide bonds. The van der Waals surface area contributed by atoms with Gasteiger partial charge in [0.05, 0.1) is 6.61 Å². The third kappa shape index (κ3) is 4.49. The van der Waals surface area contributed by atoms with Crippen LogP contribution in [0.3, 0.4) is 0 Å². The Hall–Kier alpha value is -1.36. The number of methoxy groups -OCH3 is 1. The number of nitrogens with zero attached hydrogens (tertiary/aromatic N) is 2. The average molecular weight is 253 g/mol. The molecule has 1 heterocycles. The number of rotatable bonds is 7. The molecule has 0 aliphatic rings. The topological polar surface area (TPSA) is 58.2 Å². The first-order valence-electron chi connectivity index (χ1n) is 6.41. The van der Waals surface area contributed by atoms with E-state index in [1.807, 2.05) is 6.92 Å². The zero-order chi connectivity index (χ0) is 13.5. The summed E-state index contributed by atoms with van der Waals surface area (Å²) in [6.45, 7) is 8.51. The maximum Gasteiger partial charge on any atom is 0.252 e. The molecule has 1 rings (SSSR count). The van der Waals surface area contributed by atoms with Crippen molar-refractivity contribution in [3.8, 4) is 0 Å². The summed E-state index contributed by atoms with van der Waals surface area (Å²) in [5.41, 5.74) is -0.0944. The monoisotopic (exact) mass is 253 g/mol. The van der Waals surface area contributed by atoms with E-state index < -0.39 is 0 Å². The van der Waals surface area contributed by atoms with E-state index in [4.69, 9.17) is 4.74 Å². The Morgan fingerprint density at radius 1 is 1.50 bits per heavy atom. The Bertz CT molecular complexity index is 415. The van der Waals surface area contributed by atoms with E-state index in [1.54, 1.807) is 13.2 Å². The molecule has 0 spiro atoms. The standard InChI is InChI=1S/C13H23N3O2/c1-5-11-14-12(8-13(17)15-11)16(6-7-18-4)9-10(2)3/h8,10H,5-7,9H2,1-4H3,(H,14,15,17). The molecule has 0 fully saturated rings. The second-order valence-electron chi connectivity index (χ2n) is 4.74. The fraction of sp³-hybridized carbons (Fsp3) is 0.692. The van der Waals surface area contributed by atoms with Gasteiger partial charge in [0.15, 0.2) is 0 Å². The molecule has 1 aromatic heterocycles. The maximum atomic E-state index is 11.6. The molecule has 0 aromatic carbocycles. The van der Waals surface area contributed by atoms with Crippen molar-refractivity contribution in [3.63, 3.8) is 0 Å². The summed E-state index contributed by atoms with van der Waals surface area (Å²) in [6.07, 6.45) is 0.725. The molecule has 0 bridgehead atoms. The molecule has 0 aliphatic carbocycles. The van der Waals surface area contributed by atoms with E-state index in [0.29, 0.717) is 12.5 Å². The van der Waals surface area contributed by atoms with Crippen LogP contribution in [0.4, 0.5) is 5.82 Å². The van der Waals surface area contributed by atoms with Gasteiger partial charge in [0, 0.05) is 32.7 Å². The van der Waals surface area contributed by atoms with Crippen molar-refractivity contribution in [3.05, 3.63) is 22.2 Å². The van der Waals surface area contributed by atoms with Crippen molar-refractivity contribution in [1.29, 1.82) is 0 Å². The maximum absolute atomic E-state index is 11.6. The van der Waals surface area contributed by atoms with Crippen LogP contribution in [0.2, 0.25) is 0 Å². The van der Waals surface area contributed by atoms with Gasteiger partial charge in [-0.2, -0.15) is 0 Å². The molecule has 0 saturated heterocycles. The van der Waals surface area contributed by atoms with Gasteiger partial charge in [-0.05, 0) is 5.92 Å².